The van der Waals surface area contributed by atoms with Gasteiger partial charge in [-0.15, -0.1) is 0 Å². The molecule has 74 valence electrons. The summed E-state index contributed by atoms with van der Waals surface area (Å²) in [7, 11) is 3.93. The molecule has 0 fully saturated rings. The Morgan fingerprint density at radius 1 is 1.50 bits per heavy atom. The van der Waals surface area contributed by atoms with Gasteiger partial charge in [0, 0.05) is 25.4 Å². The fourth-order valence-corrected chi connectivity index (χ4v) is 1.28. The van der Waals surface area contributed by atoms with Gasteiger partial charge in [0.1, 0.15) is 0 Å². The van der Waals surface area contributed by atoms with Crippen molar-refractivity contribution in [2.45, 2.75) is 6.10 Å². The van der Waals surface area contributed by atoms with E-state index >= 15 is 0 Å². The molecular formula is C8H20N2OS. The summed E-state index contributed by atoms with van der Waals surface area (Å²) >= 11 is 1.81. The van der Waals surface area contributed by atoms with Gasteiger partial charge in [0.25, 0.3) is 0 Å². The molecule has 0 radical (unpaired) electrons. The topological polar surface area (TPSA) is 35.5 Å². The third-order valence-corrected chi connectivity index (χ3v) is 2.05. The maximum atomic E-state index is 9.41. The van der Waals surface area contributed by atoms with E-state index in [2.05, 4.69) is 11.6 Å². The molecule has 0 aromatic rings. The van der Waals surface area contributed by atoms with Crippen molar-refractivity contribution in [2.24, 2.45) is 0 Å². The Bertz CT molecular complexity index is 101. The van der Waals surface area contributed by atoms with Crippen molar-refractivity contribution in [1.82, 2.24) is 10.2 Å². The molecule has 0 aliphatic carbocycles. The molecule has 12 heavy (non-hydrogen) atoms. The largest absolute Gasteiger partial charge is 0.390 e. The Balaban J connectivity index is 3.14. The van der Waals surface area contributed by atoms with Gasteiger partial charge in [-0.05, 0) is 20.4 Å². The lowest BCUT2D eigenvalue weighted by Gasteiger charge is -2.16. The van der Waals surface area contributed by atoms with Gasteiger partial charge in [0.2, 0.25) is 0 Å². The van der Waals surface area contributed by atoms with E-state index in [1.807, 2.05) is 30.8 Å². The molecule has 0 aromatic heterocycles. The molecule has 4 heteroatoms. The van der Waals surface area contributed by atoms with Crippen molar-refractivity contribution in [2.75, 3.05) is 45.7 Å². The summed E-state index contributed by atoms with van der Waals surface area (Å²) in [4.78, 5) is 1.99. The van der Waals surface area contributed by atoms with Crippen LogP contribution in [-0.4, -0.2) is 61.8 Å². The van der Waals surface area contributed by atoms with Crippen molar-refractivity contribution in [3.05, 3.63) is 0 Å². The molecule has 0 spiro atoms. The molecule has 0 aliphatic heterocycles. The zero-order valence-electron chi connectivity index (χ0n) is 8.21. The second kappa shape index (κ2) is 7.86. The summed E-state index contributed by atoms with van der Waals surface area (Å²) in [5.41, 5.74) is 0. The van der Waals surface area contributed by atoms with E-state index in [0.717, 1.165) is 18.8 Å². The number of aliphatic hydroxyl groups excluding tert-OH is 1. The van der Waals surface area contributed by atoms with Crippen molar-refractivity contribution < 1.29 is 5.11 Å². The first-order valence-electron chi connectivity index (χ1n) is 4.19. The first-order chi connectivity index (χ1) is 5.66. The molecule has 0 saturated carbocycles. The predicted octanol–water partition coefficient (Wildman–Crippen LogP) is -0.139. The first-order valence-corrected chi connectivity index (χ1v) is 5.58. The van der Waals surface area contributed by atoms with E-state index in [9.17, 15) is 5.11 Å². The van der Waals surface area contributed by atoms with Crippen LogP contribution >= 0.6 is 11.8 Å². The highest BCUT2D eigenvalue weighted by molar-refractivity contribution is 7.98. The minimum Gasteiger partial charge on any atom is -0.390 e. The van der Waals surface area contributed by atoms with Crippen LogP contribution in [0.5, 0.6) is 0 Å². The summed E-state index contributed by atoms with van der Waals surface area (Å²) in [5.74, 6) is 1.11. The molecule has 0 heterocycles. The second-order valence-corrected chi connectivity index (χ2v) is 4.10. The van der Waals surface area contributed by atoms with Gasteiger partial charge >= 0.3 is 0 Å². The van der Waals surface area contributed by atoms with Crippen molar-refractivity contribution in [3.8, 4) is 0 Å². The maximum absolute atomic E-state index is 9.41. The third kappa shape index (κ3) is 8.33. The van der Waals surface area contributed by atoms with Gasteiger partial charge in [-0.1, -0.05) is 0 Å². The fraction of sp³-hybridized carbons (Fsp3) is 1.00. The first kappa shape index (κ1) is 12.2. The smallest absolute Gasteiger partial charge is 0.0791 e. The van der Waals surface area contributed by atoms with Crippen LogP contribution in [0.4, 0.5) is 0 Å². The number of rotatable bonds is 7. The monoisotopic (exact) mass is 192 g/mol. The van der Waals surface area contributed by atoms with Gasteiger partial charge in [-0.25, -0.2) is 0 Å². The Hall–Kier alpha value is 0.230. The molecule has 1 unspecified atom stereocenters. The highest BCUT2D eigenvalue weighted by atomic mass is 32.2. The van der Waals surface area contributed by atoms with Crippen LogP contribution in [0.1, 0.15) is 0 Å². The summed E-state index contributed by atoms with van der Waals surface area (Å²) in [6, 6.07) is 0. The van der Waals surface area contributed by atoms with Gasteiger partial charge in [0.15, 0.2) is 0 Å². The molecule has 0 aromatic carbocycles. The number of hydrogen-bond acceptors (Lipinski definition) is 4. The van der Waals surface area contributed by atoms with Crippen molar-refractivity contribution in [1.29, 1.82) is 0 Å². The number of thioether (sulfide) groups is 1. The summed E-state index contributed by atoms with van der Waals surface area (Å²) in [5, 5.41) is 12.6. The minimum absolute atomic E-state index is 0.248. The molecule has 2 N–H and O–H groups in total. The molecule has 1 atom stereocenters. The fourth-order valence-electron chi connectivity index (χ4n) is 0.929. The molecule has 3 nitrogen and oxygen atoms in total. The van der Waals surface area contributed by atoms with E-state index in [1.165, 1.54) is 0 Å². The lowest BCUT2D eigenvalue weighted by Crippen LogP contribution is -2.35. The zero-order chi connectivity index (χ0) is 9.40. The summed E-state index contributed by atoms with van der Waals surface area (Å²) in [6.45, 7) is 2.40. The Labute approximate surface area is 79.5 Å². The molecule has 0 amide bonds. The Morgan fingerprint density at radius 3 is 2.67 bits per heavy atom. The molecule has 0 saturated heterocycles. The molecular weight excluding hydrogens is 172 g/mol. The number of nitrogens with zero attached hydrogens (tertiary/aromatic N) is 1. The zero-order valence-corrected chi connectivity index (χ0v) is 9.02. The van der Waals surface area contributed by atoms with Crippen LogP contribution < -0.4 is 5.32 Å². The highest BCUT2D eigenvalue weighted by Gasteiger charge is 2.03. The summed E-state index contributed by atoms with van der Waals surface area (Å²) in [6.07, 6.45) is 1.83. The van der Waals surface area contributed by atoms with E-state index in [0.29, 0.717) is 6.54 Å². The highest BCUT2D eigenvalue weighted by Crippen LogP contribution is 1.88. The van der Waals surface area contributed by atoms with E-state index in [4.69, 9.17) is 0 Å². The molecule has 0 rings (SSSR count). The van der Waals surface area contributed by atoms with Crippen LogP contribution in [-0.2, 0) is 0 Å². The van der Waals surface area contributed by atoms with Gasteiger partial charge in [-0.2, -0.15) is 11.8 Å². The second-order valence-electron chi connectivity index (χ2n) is 3.11. The van der Waals surface area contributed by atoms with Crippen LogP contribution in [0.3, 0.4) is 0 Å². The minimum atomic E-state index is -0.248. The summed E-state index contributed by atoms with van der Waals surface area (Å²) < 4.78 is 0. The average Bonchev–Trinajstić information content (AvgIpc) is 1.97. The van der Waals surface area contributed by atoms with Gasteiger partial charge < -0.3 is 15.3 Å². The van der Waals surface area contributed by atoms with Crippen LogP contribution in [0.25, 0.3) is 0 Å². The third-order valence-electron chi connectivity index (χ3n) is 1.44. The van der Waals surface area contributed by atoms with Crippen molar-refractivity contribution in [3.63, 3.8) is 0 Å². The lowest BCUT2D eigenvalue weighted by molar-refractivity contribution is 0.135. The number of likely N-dealkylation sites (N-methyl/N-ethyl adjacent to an activating group) is 1. The average molecular weight is 192 g/mol. The number of hydrogen-bond donors (Lipinski definition) is 2. The number of aliphatic hydroxyl groups is 1. The predicted molar refractivity (Wildman–Crippen MR) is 55.8 cm³/mol. The maximum Gasteiger partial charge on any atom is 0.0791 e. The van der Waals surface area contributed by atoms with Gasteiger partial charge in [-0.3, -0.25) is 0 Å². The SMILES string of the molecule is CSCCNCC(O)CN(C)C. The molecule has 0 aliphatic rings. The van der Waals surface area contributed by atoms with E-state index in [1.54, 1.807) is 0 Å². The van der Waals surface area contributed by atoms with E-state index in [-0.39, 0.29) is 6.10 Å². The van der Waals surface area contributed by atoms with Crippen LogP contribution in [0, 0.1) is 0 Å². The normalized spacial score (nSPS) is 13.8. The Morgan fingerprint density at radius 2 is 2.17 bits per heavy atom. The standard InChI is InChI=1S/C8H20N2OS/c1-10(2)7-8(11)6-9-4-5-12-3/h8-9,11H,4-7H2,1-3H3. The lowest BCUT2D eigenvalue weighted by atomic mass is 10.3. The quantitative estimate of drug-likeness (QED) is 0.551. The van der Waals surface area contributed by atoms with Crippen LogP contribution in [0.15, 0.2) is 0 Å². The van der Waals surface area contributed by atoms with Crippen LogP contribution in [0.2, 0.25) is 0 Å². The molecule has 0 bridgehead atoms. The Kier molecular flexibility index (Phi) is 8.01. The number of nitrogens with one attached hydrogen (secondary N) is 1. The van der Waals surface area contributed by atoms with E-state index < -0.39 is 0 Å². The van der Waals surface area contributed by atoms with Gasteiger partial charge in [0.05, 0.1) is 6.10 Å². The van der Waals surface area contributed by atoms with Crippen molar-refractivity contribution >= 4 is 11.8 Å².